The summed E-state index contributed by atoms with van der Waals surface area (Å²) in [5.74, 6) is -0.327. The van der Waals surface area contributed by atoms with Crippen molar-refractivity contribution in [2.45, 2.75) is 6.54 Å². The van der Waals surface area contributed by atoms with Crippen molar-refractivity contribution in [3.63, 3.8) is 0 Å². The Bertz CT molecular complexity index is 479. The quantitative estimate of drug-likeness (QED) is 0.567. The predicted molar refractivity (Wildman–Crippen MR) is 53.3 cm³/mol. The van der Waals surface area contributed by atoms with E-state index in [0.717, 1.165) is 10.9 Å². The maximum atomic E-state index is 10.8. The molecule has 0 unspecified atom stereocenters. The lowest BCUT2D eigenvalue weighted by atomic mass is 10.2. The van der Waals surface area contributed by atoms with Crippen molar-refractivity contribution < 1.29 is 21.8 Å². The molecule has 3 nitrogen and oxygen atoms in total. The molecule has 0 saturated carbocycles. The van der Waals surface area contributed by atoms with E-state index in [9.17, 15) is 4.79 Å². The molecule has 15 heavy (non-hydrogen) atoms. The number of rotatable bonds is 2. The van der Waals surface area contributed by atoms with Gasteiger partial charge in [0.1, 0.15) is 0 Å². The van der Waals surface area contributed by atoms with Gasteiger partial charge in [-0.2, -0.15) is 4.57 Å². The average Bonchev–Trinajstić information content (AvgIpc) is 2.18. The second-order valence-electron chi connectivity index (χ2n) is 3.16. The van der Waals surface area contributed by atoms with Gasteiger partial charge in [-0.25, -0.2) is 0 Å². The highest BCUT2D eigenvalue weighted by molar-refractivity contribution is 5.76. The van der Waals surface area contributed by atoms with E-state index >= 15 is 0 Å². The molecule has 0 aliphatic rings. The fourth-order valence-electron chi connectivity index (χ4n) is 1.53. The van der Waals surface area contributed by atoms with Crippen molar-refractivity contribution in [1.82, 2.24) is 0 Å². The predicted octanol–water partition coefficient (Wildman–Crippen LogP) is -2.38. The maximum Gasteiger partial charge on any atom is 0.283 e. The van der Waals surface area contributed by atoms with Gasteiger partial charge < -0.3 is 18.1 Å². The second-order valence-corrected chi connectivity index (χ2v) is 3.16. The van der Waals surface area contributed by atoms with Crippen molar-refractivity contribution in [2.24, 2.45) is 5.73 Å². The number of para-hydroxylation sites is 1. The number of primary amides is 1. The lowest BCUT2D eigenvalue weighted by Gasteiger charge is -1.97. The van der Waals surface area contributed by atoms with Crippen LogP contribution < -0.4 is 22.7 Å². The van der Waals surface area contributed by atoms with Gasteiger partial charge in [0.15, 0.2) is 6.20 Å². The summed E-state index contributed by atoms with van der Waals surface area (Å²) < 4.78 is 1.84. The first-order valence-electron chi connectivity index (χ1n) is 4.43. The smallest absolute Gasteiger partial charge is 0.283 e. The largest absolute Gasteiger partial charge is 1.00 e. The first-order chi connectivity index (χ1) is 6.77. The third-order valence-electron chi connectivity index (χ3n) is 2.11. The topological polar surface area (TPSA) is 47.0 Å². The number of benzene rings is 1. The number of aromatic nitrogens is 1. The van der Waals surface area contributed by atoms with E-state index in [1.807, 2.05) is 47.2 Å². The molecule has 0 spiro atoms. The second kappa shape index (κ2) is 4.75. The zero-order valence-corrected chi connectivity index (χ0v) is 8.82. The van der Waals surface area contributed by atoms with Crippen LogP contribution in [0, 0.1) is 0 Å². The Morgan fingerprint density at radius 1 is 1.20 bits per heavy atom. The van der Waals surface area contributed by atoms with Gasteiger partial charge in [-0.1, -0.05) is 12.1 Å². The average molecular weight is 223 g/mol. The summed E-state index contributed by atoms with van der Waals surface area (Å²) in [4.78, 5) is 10.8. The van der Waals surface area contributed by atoms with Gasteiger partial charge in [0.05, 0.1) is 0 Å². The van der Waals surface area contributed by atoms with Gasteiger partial charge in [-0.3, -0.25) is 4.79 Å². The van der Waals surface area contributed by atoms with Crippen LogP contribution in [0.25, 0.3) is 10.9 Å². The Morgan fingerprint density at radius 2 is 1.87 bits per heavy atom. The number of nitrogens with zero attached hydrogens (tertiary/aromatic N) is 1. The molecule has 0 radical (unpaired) electrons. The zero-order valence-electron chi connectivity index (χ0n) is 8.06. The molecule has 0 bridgehead atoms. The molecule has 2 N–H and O–H groups in total. The van der Waals surface area contributed by atoms with Gasteiger partial charge in [-0.05, 0) is 12.1 Å². The molecule has 78 valence electrons. The summed E-state index contributed by atoms with van der Waals surface area (Å²) in [6.07, 6.45) is 1.85. The van der Waals surface area contributed by atoms with Crippen LogP contribution in [0.4, 0.5) is 0 Å². The number of nitrogens with two attached hydrogens (primary N) is 1. The van der Waals surface area contributed by atoms with Crippen molar-refractivity contribution in [1.29, 1.82) is 0 Å². The van der Waals surface area contributed by atoms with E-state index in [1.54, 1.807) is 0 Å². The third-order valence-corrected chi connectivity index (χ3v) is 2.11. The molecule has 2 aromatic rings. The number of fused-ring (bicyclic) bond motifs is 1. The number of pyridine rings is 1. The van der Waals surface area contributed by atoms with Gasteiger partial charge in [-0.15, -0.1) is 0 Å². The number of hydrogen-bond acceptors (Lipinski definition) is 1. The van der Waals surface area contributed by atoms with Crippen molar-refractivity contribution in [3.8, 4) is 0 Å². The molecular formula is C11H11ClN2O. The first kappa shape index (κ1) is 11.5. The van der Waals surface area contributed by atoms with Crippen LogP contribution in [0.15, 0.2) is 42.6 Å². The minimum Gasteiger partial charge on any atom is -1.00 e. The highest BCUT2D eigenvalue weighted by Gasteiger charge is 2.09. The van der Waals surface area contributed by atoms with Crippen LogP contribution in [0.5, 0.6) is 0 Å². The Labute approximate surface area is 93.9 Å². The van der Waals surface area contributed by atoms with E-state index in [-0.39, 0.29) is 24.9 Å². The fraction of sp³-hybridized carbons (Fsp3) is 0.0909. The number of carbonyl (C=O) groups excluding carboxylic acids is 1. The minimum atomic E-state index is -0.327. The minimum absolute atomic E-state index is 0. The number of halogens is 1. The molecule has 0 atom stereocenters. The monoisotopic (exact) mass is 222 g/mol. The third kappa shape index (κ3) is 2.44. The van der Waals surface area contributed by atoms with E-state index < -0.39 is 0 Å². The zero-order chi connectivity index (χ0) is 9.97. The molecular weight excluding hydrogens is 212 g/mol. The Balaban J connectivity index is 0.00000112. The Kier molecular flexibility index (Phi) is 3.63. The highest BCUT2D eigenvalue weighted by Crippen LogP contribution is 2.07. The molecule has 1 amide bonds. The van der Waals surface area contributed by atoms with Crippen LogP contribution in [0.2, 0.25) is 0 Å². The van der Waals surface area contributed by atoms with Gasteiger partial charge in [0.2, 0.25) is 12.1 Å². The Morgan fingerprint density at radius 3 is 2.60 bits per heavy atom. The summed E-state index contributed by atoms with van der Waals surface area (Å²) in [6.45, 7) is 0.224. The van der Waals surface area contributed by atoms with E-state index in [1.165, 1.54) is 0 Å². The molecule has 4 heteroatoms. The van der Waals surface area contributed by atoms with Crippen LogP contribution in [0.1, 0.15) is 0 Å². The van der Waals surface area contributed by atoms with Gasteiger partial charge in [0, 0.05) is 17.5 Å². The molecule has 0 saturated heterocycles. The molecule has 1 aromatic heterocycles. The lowest BCUT2D eigenvalue weighted by Crippen LogP contribution is -3.00. The Hall–Kier alpha value is -1.61. The molecule has 0 aliphatic carbocycles. The van der Waals surface area contributed by atoms with Crippen molar-refractivity contribution in [3.05, 3.63) is 42.6 Å². The first-order valence-corrected chi connectivity index (χ1v) is 4.43. The standard InChI is InChI=1S/C11H10N2O.ClH/c12-11(14)8-13-7-3-5-9-4-1-2-6-10(9)13;/h1-7H,8H2,(H-,12,14);1H. The fourth-order valence-corrected chi connectivity index (χ4v) is 1.53. The molecule has 1 heterocycles. The summed E-state index contributed by atoms with van der Waals surface area (Å²) in [5.41, 5.74) is 6.18. The summed E-state index contributed by atoms with van der Waals surface area (Å²) in [6, 6.07) is 11.8. The number of hydrogen-bond donors (Lipinski definition) is 1. The maximum absolute atomic E-state index is 10.8. The van der Waals surface area contributed by atoms with Gasteiger partial charge >= 0.3 is 0 Å². The molecule has 2 rings (SSSR count). The van der Waals surface area contributed by atoms with Crippen LogP contribution in [0.3, 0.4) is 0 Å². The van der Waals surface area contributed by atoms with E-state index in [2.05, 4.69) is 0 Å². The summed E-state index contributed by atoms with van der Waals surface area (Å²) in [5, 5.41) is 1.11. The van der Waals surface area contributed by atoms with Crippen molar-refractivity contribution in [2.75, 3.05) is 0 Å². The normalized spacial score (nSPS) is 9.60. The van der Waals surface area contributed by atoms with Crippen molar-refractivity contribution >= 4 is 16.8 Å². The number of carbonyl (C=O) groups is 1. The SMILES string of the molecule is NC(=O)C[n+]1cccc2ccccc21.[Cl-]. The number of amides is 1. The van der Waals surface area contributed by atoms with Crippen LogP contribution in [-0.4, -0.2) is 5.91 Å². The molecule has 0 aliphatic heterocycles. The van der Waals surface area contributed by atoms with Crippen LogP contribution >= 0.6 is 0 Å². The molecule has 1 aromatic carbocycles. The lowest BCUT2D eigenvalue weighted by molar-refractivity contribution is -0.658. The molecule has 0 fully saturated rings. The van der Waals surface area contributed by atoms with Gasteiger partial charge in [0.25, 0.3) is 5.91 Å². The highest BCUT2D eigenvalue weighted by atomic mass is 35.5. The summed E-state index contributed by atoms with van der Waals surface area (Å²) >= 11 is 0. The van der Waals surface area contributed by atoms with Crippen LogP contribution in [-0.2, 0) is 11.3 Å². The summed E-state index contributed by atoms with van der Waals surface area (Å²) in [7, 11) is 0. The van der Waals surface area contributed by atoms with E-state index in [4.69, 9.17) is 5.73 Å². The van der Waals surface area contributed by atoms with E-state index in [0.29, 0.717) is 0 Å².